The highest BCUT2D eigenvalue weighted by Crippen LogP contribution is 2.14. The van der Waals surface area contributed by atoms with Crippen LogP contribution >= 0.6 is 0 Å². The summed E-state index contributed by atoms with van der Waals surface area (Å²) in [6.07, 6.45) is 6.60. The van der Waals surface area contributed by atoms with Crippen molar-refractivity contribution in [3.05, 3.63) is 66.2 Å². The summed E-state index contributed by atoms with van der Waals surface area (Å²) in [4.78, 5) is 0. The first-order valence-corrected chi connectivity index (χ1v) is 6.98. The molecule has 2 aromatic carbocycles. The smallest absolute Gasteiger partial charge is 0.119 e. The van der Waals surface area contributed by atoms with E-state index in [4.69, 9.17) is 4.74 Å². The average molecular weight is 267 g/mol. The van der Waals surface area contributed by atoms with Gasteiger partial charge in [-0.1, -0.05) is 42.5 Å². The summed E-state index contributed by atoms with van der Waals surface area (Å²) in [5.41, 5.74) is 2.40. The highest BCUT2D eigenvalue weighted by Gasteiger charge is 1.92. The molecule has 0 bridgehead atoms. The Morgan fingerprint density at radius 3 is 2.45 bits per heavy atom. The zero-order valence-electron chi connectivity index (χ0n) is 11.9. The van der Waals surface area contributed by atoms with Crippen LogP contribution in [0.3, 0.4) is 0 Å². The second kappa shape index (κ2) is 8.05. The maximum Gasteiger partial charge on any atom is 0.119 e. The number of unbranched alkanes of at least 4 members (excludes halogenated alkanes) is 1. The molecule has 0 heterocycles. The summed E-state index contributed by atoms with van der Waals surface area (Å²) in [7, 11) is 1.68. The van der Waals surface area contributed by atoms with Gasteiger partial charge in [0.1, 0.15) is 5.75 Å². The molecule has 20 heavy (non-hydrogen) atoms. The van der Waals surface area contributed by atoms with Gasteiger partial charge in [-0.2, -0.15) is 0 Å². The molecule has 0 aliphatic rings. The highest BCUT2D eigenvalue weighted by atomic mass is 16.5. The van der Waals surface area contributed by atoms with E-state index in [1.54, 1.807) is 7.11 Å². The van der Waals surface area contributed by atoms with Crippen molar-refractivity contribution in [3.63, 3.8) is 0 Å². The van der Waals surface area contributed by atoms with Gasteiger partial charge in [-0.15, -0.1) is 0 Å². The molecule has 2 nitrogen and oxygen atoms in total. The number of ether oxygens (including phenoxy) is 1. The highest BCUT2D eigenvalue weighted by molar-refractivity contribution is 5.48. The lowest BCUT2D eigenvalue weighted by molar-refractivity contribution is 0.415. The quantitative estimate of drug-likeness (QED) is 0.740. The molecule has 2 aromatic rings. The number of hydrogen-bond donors (Lipinski definition) is 1. The van der Waals surface area contributed by atoms with Crippen molar-refractivity contribution >= 4 is 11.8 Å². The summed E-state index contributed by atoms with van der Waals surface area (Å²) in [6.45, 7) is 0.978. The van der Waals surface area contributed by atoms with E-state index in [0.717, 1.165) is 30.8 Å². The fourth-order valence-corrected chi connectivity index (χ4v) is 1.95. The Labute approximate surface area is 121 Å². The third kappa shape index (κ3) is 4.81. The first-order chi connectivity index (χ1) is 9.88. The molecule has 0 saturated heterocycles. The van der Waals surface area contributed by atoms with Crippen molar-refractivity contribution in [3.8, 4) is 5.75 Å². The van der Waals surface area contributed by atoms with Gasteiger partial charge in [0.15, 0.2) is 0 Å². The zero-order chi connectivity index (χ0) is 14.0. The Bertz CT molecular complexity index is 517. The van der Waals surface area contributed by atoms with Crippen molar-refractivity contribution in [2.24, 2.45) is 0 Å². The summed E-state index contributed by atoms with van der Waals surface area (Å²) in [5.74, 6) is 0.890. The fourth-order valence-electron chi connectivity index (χ4n) is 1.95. The fraction of sp³-hybridized carbons (Fsp3) is 0.222. The minimum absolute atomic E-state index is 0.890. The van der Waals surface area contributed by atoms with Crippen LogP contribution in [0, 0.1) is 0 Å². The summed E-state index contributed by atoms with van der Waals surface area (Å²) >= 11 is 0. The molecular formula is C18H21NO. The van der Waals surface area contributed by atoms with Gasteiger partial charge in [-0.05, 0) is 42.7 Å². The molecule has 0 atom stereocenters. The van der Waals surface area contributed by atoms with Crippen LogP contribution in [0.1, 0.15) is 18.4 Å². The van der Waals surface area contributed by atoms with E-state index in [0.29, 0.717) is 0 Å². The van der Waals surface area contributed by atoms with Crippen molar-refractivity contribution in [2.75, 3.05) is 19.0 Å². The molecule has 0 saturated carbocycles. The van der Waals surface area contributed by atoms with Crippen LogP contribution in [0.4, 0.5) is 5.69 Å². The van der Waals surface area contributed by atoms with Crippen molar-refractivity contribution in [1.29, 1.82) is 0 Å². The zero-order valence-corrected chi connectivity index (χ0v) is 11.9. The van der Waals surface area contributed by atoms with Crippen LogP contribution in [0.25, 0.3) is 6.08 Å². The Balaban J connectivity index is 1.65. The molecule has 0 spiro atoms. The summed E-state index contributed by atoms with van der Waals surface area (Å²) < 4.78 is 5.13. The topological polar surface area (TPSA) is 21.3 Å². The van der Waals surface area contributed by atoms with E-state index < -0.39 is 0 Å². The maximum atomic E-state index is 5.13. The molecule has 2 heteroatoms. The van der Waals surface area contributed by atoms with E-state index in [9.17, 15) is 0 Å². The van der Waals surface area contributed by atoms with Gasteiger partial charge in [0.2, 0.25) is 0 Å². The second-order valence-electron chi connectivity index (χ2n) is 4.61. The third-order valence-corrected chi connectivity index (χ3v) is 3.08. The number of methoxy groups -OCH3 is 1. The second-order valence-corrected chi connectivity index (χ2v) is 4.61. The lowest BCUT2D eigenvalue weighted by Gasteiger charge is -2.06. The minimum atomic E-state index is 0.890. The number of allylic oxidation sites excluding steroid dienone is 1. The number of benzene rings is 2. The Hall–Kier alpha value is -2.22. The molecule has 0 unspecified atom stereocenters. The minimum Gasteiger partial charge on any atom is -0.497 e. The number of rotatable bonds is 7. The van der Waals surface area contributed by atoms with Crippen LogP contribution in [0.5, 0.6) is 5.75 Å². The normalized spacial score (nSPS) is 10.7. The van der Waals surface area contributed by atoms with Crippen LogP contribution in [-0.2, 0) is 0 Å². The molecule has 104 valence electrons. The average Bonchev–Trinajstić information content (AvgIpc) is 2.52. The number of nitrogens with one attached hydrogen (secondary N) is 1. The Morgan fingerprint density at radius 2 is 1.75 bits per heavy atom. The third-order valence-electron chi connectivity index (χ3n) is 3.08. The van der Waals surface area contributed by atoms with E-state index in [1.807, 2.05) is 30.3 Å². The first-order valence-electron chi connectivity index (χ1n) is 6.98. The first kappa shape index (κ1) is 14.2. The van der Waals surface area contributed by atoms with E-state index in [1.165, 1.54) is 5.56 Å². The standard InChI is InChI=1S/C18H21NO/c1-20-18-13-11-17(12-14-18)19-15-7-3-6-10-16-8-4-2-5-9-16/h2,4-6,8-14,19H,3,7,15H2,1H3. The molecule has 2 rings (SSSR count). The summed E-state index contributed by atoms with van der Waals surface area (Å²) in [5, 5.41) is 3.41. The molecule has 0 radical (unpaired) electrons. The van der Waals surface area contributed by atoms with E-state index in [-0.39, 0.29) is 0 Å². The number of hydrogen-bond acceptors (Lipinski definition) is 2. The lowest BCUT2D eigenvalue weighted by atomic mass is 10.2. The van der Waals surface area contributed by atoms with Gasteiger partial charge in [-0.3, -0.25) is 0 Å². The molecule has 0 fully saturated rings. The van der Waals surface area contributed by atoms with Gasteiger partial charge in [0, 0.05) is 12.2 Å². The van der Waals surface area contributed by atoms with Crippen molar-refractivity contribution in [1.82, 2.24) is 0 Å². The molecule has 0 aromatic heterocycles. The number of anilines is 1. The Kier molecular flexibility index (Phi) is 5.71. The van der Waals surface area contributed by atoms with Gasteiger partial charge in [-0.25, -0.2) is 0 Å². The van der Waals surface area contributed by atoms with Crippen LogP contribution in [0.15, 0.2) is 60.7 Å². The predicted octanol–water partition coefficient (Wildman–Crippen LogP) is 4.60. The maximum absolute atomic E-state index is 5.13. The SMILES string of the molecule is COc1ccc(NCCCC=Cc2ccccc2)cc1. The van der Waals surface area contributed by atoms with Gasteiger partial charge in [0.05, 0.1) is 7.11 Å². The predicted molar refractivity (Wildman–Crippen MR) is 86.2 cm³/mol. The van der Waals surface area contributed by atoms with Gasteiger partial charge >= 0.3 is 0 Å². The lowest BCUT2D eigenvalue weighted by Crippen LogP contribution is -2.00. The molecule has 0 amide bonds. The van der Waals surface area contributed by atoms with Crippen LogP contribution < -0.4 is 10.1 Å². The molecule has 1 N–H and O–H groups in total. The largest absolute Gasteiger partial charge is 0.497 e. The van der Waals surface area contributed by atoms with E-state index in [2.05, 4.69) is 41.7 Å². The van der Waals surface area contributed by atoms with Gasteiger partial charge < -0.3 is 10.1 Å². The van der Waals surface area contributed by atoms with Crippen LogP contribution in [0.2, 0.25) is 0 Å². The van der Waals surface area contributed by atoms with Crippen LogP contribution in [-0.4, -0.2) is 13.7 Å². The van der Waals surface area contributed by atoms with Crippen molar-refractivity contribution in [2.45, 2.75) is 12.8 Å². The monoisotopic (exact) mass is 267 g/mol. The molecular weight excluding hydrogens is 246 g/mol. The van der Waals surface area contributed by atoms with Crippen molar-refractivity contribution < 1.29 is 4.74 Å². The van der Waals surface area contributed by atoms with E-state index >= 15 is 0 Å². The summed E-state index contributed by atoms with van der Waals surface area (Å²) in [6, 6.07) is 18.4. The Morgan fingerprint density at radius 1 is 1.00 bits per heavy atom. The van der Waals surface area contributed by atoms with Gasteiger partial charge in [0.25, 0.3) is 0 Å². The molecule has 0 aliphatic heterocycles. The molecule has 0 aliphatic carbocycles.